The Hall–Kier alpha value is -3.68. The van der Waals surface area contributed by atoms with E-state index in [1.807, 2.05) is 26.0 Å². The molecule has 1 aliphatic heterocycles. The summed E-state index contributed by atoms with van der Waals surface area (Å²) in [4.78, 5) is 26.6. The van der Waals surface area contributed by atoms with E-state index in [0.717, 1.165) is 0 Å². The van der Waals surface area contributed by atoms with E-state index in [4.69, 9.17) is 0 Å². The lowest BCUT2D eigenvalue weighted by Gasteiger charge is -2.31. The van der Waals surface area contributed by atoms with Gasteiger partial charge in [0, 0.05) is 13.1 Å². The zero-order valence-corrected chi connectivity index (χ0v) is 15.7. The minimum absolute atomic E-state index is 0.0313. The van der Waals surface area contributed by atoms with Gasteiger partial charge in [-0.25, -0.2) is 14.8 Å². The zero-order valence-electron chi connectivity index (χ0n) is 15.7. The highest BCUT2D eigenvalue weighted by atomic mass is 16.4. The van der Waals surface area contributed by atoms with Gasteiger partial charge < -0.3 is 10.0 Å². The lowest BCUT2D eigenvalue weighted by atomic mass is 10.3. The van der Waals surface area contributed by atoms with E-state index >= 15 is 0 Å². The Labute approximate surface area is 163 Å². The molecule has 0 bridgehead atoms. The van der Waals surface area contributed by atoms with E-state index in [0.29, 0.717) is 24.5 Å². The number of carbonyl (C=O) groups excluding carboxylic acids is 1. The van der Waals surface area contributed by atoms with Crippen molar-refractivity contribution in [3.05, 3.63) is 60.7 Å². The Morgan fingerprint density at radius 3 is 1.68 bits per heavy atom. The Bertz CT molecular complexity index is 908. The topological polar surface area (TPSA) is 88.8 Å². The molecular weight excluding hydrogens is 358 g/mol. The van der Waals surface area contributed by atoms with Crippen molar-refractivity contribution >= 4 is 34.9 Å². The second kappa shape index (κ2) is 8.34. The van der Waals surface area contributed by atoms with Crippen molar-refractivity contribution in [2.45, 2.75) is 13.8 Å². The molecular formula is C20H21N5O3. The largest absolute Gasteiger partial charge is 0.475 e. The molecule has 0 fully saturated rings. The molecule has 0 radical (unpaired) electrons. The fourth-order valence-electron chi connectivity index (χ4n) is 2.79. The van der Waals surface area contributed by atoms with Crippen LogP contribution in [0.5, 0.6) is 0 Å². The number of para-hydroxylation sites is 2. The lowest BCUT2D eigenvalue weighted by Crippen LogP contribution is -2.50. The summed E-state index contributed by atoms with van der Waals surface area (Å²) in [5.74, 6) is -1.85. The van der Waals surface area contributed by atoms with Gasteiger partial charge in [0.1, 0.15) is 0 Å². The van der Waals surface area contributed by atoms with Crippen LogP contribution in [0, 0.1) is 0 Å². The first-order valence-corrected chi connectivity index (χ1v) is 8.97. The van der Waals surface area contributed by atoms with Crippen LogP contribution in [0.15, 0.2) is 70.9 Å². The van der Waals surface area contributed by atoms with Crippen LogP contribution in [0.2, 0.25) is 0 Å². The predicted molar refractivity (Wildman–Crippen MR) is 108 cm³/mol. The predicted octanol–water partition coefficient (Wildman–Crippen LogP) is 2.59. The number of nitrogens with zero attached hydrogens (tertiary/aromatic N) is 5. The van der Waals surface area contributed by atoms with E-state index in [1.54, 1.807) is 53.4 Å². The van der Waals surface area contributed by atoms with E-state index in [-0.39, 0.29) is 17.6 Å². The number of carbonyl (C=O) groups is 2. The third-order valence-corrected chi connectivity index (χ3v) is 4.23. The normalized spacial score (nSPS) is 13.6. The number of hydrogen-bond acceptors (Lipinski definition) is 6. The van der Waals surface area contributed by atoms with Crippen molar-refractivity contribution < 1.29 is 14.7 Å². The summed E-state index contributed by atoms with van der Waals surface area (Å²) < 4.78 is 0. The Morgan fingerprint density at radius 2 is 1.25 bits per heavy atom. The van der Waals surface area contributed by atoms with Crippen molar-refractivity contribution in [1.82, 2.24) is 4.90 Å². The van der Waals surface area contributed by atoms with Crippen LogP contribution >= 0.6 is 0 Å². The molecule has 1 aliphatic rings. The summed E-state index contributed by atoms with van der Waals surface area (Å²) in [6.45, 7) is 4.74. The van der Waals surface area contributed by atoms with Gasteiger partial charge in [0.2, 0.25) is 5.84 Å². The molecule has 8 nitrogen and oxygen atoms in total. The number of amidine groups is 2. The Morgan fingerprint density at radius 1 is 0.821 bits per heavy atom. The maximum absolute atomic E-state index is 13.1. The van der Waals surface area contributed by atoms with Crippen LogP contribution in [-0.4, -0.2) is 46.6 Å². The van der Waals surface area contributed by atoms with Gasteiger partial charge in [0.05, 0.1) is 11.4 Å². The molecule has 0 spiro atoms. The molecule has 144 valence electrons. The minimum atomic E-state index is -1.25. The van der Waals surface area contributed by atoms with Gasteiger partial charge >= 0.3 is 5.97 Å². The number of rotatable bonds is 6. The Balaban J connectivity index is 2.15. The number of carboxylic acid groups (broad SMARTS) is 1. The summed E-state index contributed by atoms with van der Waals surface area (Å²) in [5.41, 5.74) is 1.05. The zero-order chi connectivity index (χ0) is 20.1. The molecule has 1 heterocycles. The van der Waals surface area contributed by atoms with Gasteiger partial charge in [-0.2, -0.15) is 0 Å². The first kappa shape index (κ1) is 19.1. The monoisotopic (exact) mass is 379 g/mol. The molecule has 1 amide bonds. The van der Waals surface area contributed by atoms with Gasteiger partial charge in [0.25, 0.3) is 11.7 Å². The standard InChI is InChI=1S/C20H21N5O3/c1-3-23(4-2)19(26)17-21-25(16-13-9-6-10-14-16)18(20(27)28)22-24(17)15-11-7-5-8-12-15/h5-14H,3-4H2,1-2H3,(H,27,28). The molecule has 0 aliphatic carbocycles. The molecule has 8 heteroatoms. The summed E-state index contributed by atoms with van der Waals surface area (Å²) in [6.07, 6.45) is 0. The van der Waals surface area contributed by atoms with Gasteiger partial charge in [-0.3, -0.25) is 4.79 Å². The van der Waals surface area contributed by atoms with Crippen LogP contribution in [0.4, 0.5) is 11.4 Å². The number of aliphatic carboxylic acids is 1. The second-order valence-electron chi connectivity index (χ2n) is 5.92. The third kappa shape index (κ3) is 3.71. The third-order valence-electron chi connectivity index (χ3n) is 4.23. The number of hydrogen-bond donors (Lipinski definition) is 1. The van der Waals surface area contributed by atoms with E-state index in [2.05, 4.69) is 10.2 Å². The van der Waals surface area contributed by atoms with Gasteiger partial charge in [-0.05, 0) is 38.1 Å². The highest BCUT2D eigenvalue weighted by Crippen LogP contribution is 2.24. The maximum Gasteiger partial charge on any atom is 0.375 e. The molecule has 0 saturated heterocycles. The average Bonchev–Trinajstić information content (AvgIpc) is 2.74. The van der Waals surface area contributed by atoms with E-state index < -0.39 is 5.97 Å². The van der Waals surface area contributed by atoms with Gasteiger partial charge in [-0.1, -0.05) is 36.4 Å². The molecule has 0 unspecified atom stereocenters. The molecule has 2 aromatic rings. The number of hydrazone groups is 2. The quantitative estimate of drug-likeness (QED) is 0.833. The molecule has 0 atom stereocenters. The summed E-state index contributed by atoms with van der Waals surface area (Å²) in [5, 5.41) is 20.8. The van der Waals surface area contributed by atoms with Crippen LogP contribution in [0.25, 0.3) is 0 Å². The number of amides is 1. The van der Waals surface area contributed by atoms with Crippen molar-refractivity contribution in [3.8, 4) is 0 Å². The van der Waals surface area contributed by atoms with E-state index in [9.17, 15) is 14.7 Å². The van der Waals surface area contributed by atoms with Crippen LogP contribution in [0.3, 0.4) is 0 Å². The van der Waals surface area contributed by atoms with Gasteiger partial charge in [0.15, 0.2) is 0 Å². The number of likely N-dealkylation sites (N-methyl/N-ethyl adjacent to an activating group) is 1. The highest BCUT2D eigenvalue weighted by molar-refractivity contribution is 6.47. The molecule has 2 aromatic carbocycles. The Kier molecular flexibility index (Phi) is 5.69. The maximum atomic E-state index is 13.1. The lowest BCUT2D eigenvalue weighted by molar-refractivity contribution is -0.129. The van der Waals surface area contributed by atoms with Crippen LogP contribution in [-0.2, 0) is 9.59 Å². The minimum Gasteiger partial charge on any atom is -0.475 e. The summed E-state index contributed by atoms with van der Waals surface area (Å²) >= 11 is 0. The smallest absolute Gasteiger partial charge is 0.375 e. The van der Waals surface area contributed by atoms with Crippen molar-refractivity contribution in [2.24, 2.45) is 10.2 Å². The SMILES string of the molecule is CCN(CC)C(=O)C1=NN(c2ccccc2)C(C(=O)O)=NN1c1ccccc1. The van der Waals surface area contributed by atoms with Crippen LogP contribution < -0.4 is 10.0 Å². The van der Waals surface area contributed by atoms with Crippen LogP contribution in [0.1, 0.15) is 13.8 Å². The number of benzene rings is 2. The number of anilines is 2. The first-order valence-electron chi connectivity index (χ1n) is 8.97. The summed E-state index contributed by atoms with van der Waals surface area (Å²) in [7, 11) is 0. The van der Waals surface area contributed by atoms with Gasteiger partial charge in [-0.15, -0.1) is 10.2 Å². The fourth-order valence-corrected chi connectivity index (χ4v) is 2.79. The second-order valence-corrected chi connectivity index (χ2v) is 5.92. The average molecular weight is 379 g/mol. The van der Waals surface area contributed by atoms with Crippen molar-refractivity contribution in [2.75, 3.05) is 23.1 Å². The van der Waals surface area contributed by atoms with E-state index in [1.165, 1.54) is 10.0 Å². The van der Waals surface area contributed by atoms with Crippen molar-refractivity contribution in [3.63, 3.8) is 0 Å². The molecule has 0 saturated carbocycles. The highest BCUT2D eigenvalue weighted by Gasteiger charge is 2.34. The van der Waals surface area contributed by atoms with Crippen molar-refractivity contribution in [1.29, 1.82) is 0 Å². The fraction of sp³-hybridized carbons (Fsp3) is 0.200. The number of carboxylic acids is 1. The molecule has 3 rings (SSSR count). The first-order chi connectivity index (χ1) is 13.6. The molecule has 1 N–H and O–H groups in total. The molecule has 0 aromatic heterocycles. The summed E-state index contributed by atoms with van der Waals surface area (Å²) in [6, 6.07) is 17.6. The molecule has 28 heavy (non-hydrogen) atoms.